The minimum absolute atomic E-state index is 0.0914. The molecule has 0 aromatic heterocycles. The third-order valence-electron chi connectivity index (χ3n) is 2.71. The summed E-state index contributed by atoms with van der Waals surface area (Å²) >= 11 is 3.48. The number of nitrogens with one attached hydrogen (secondary N) is 1. The number of benzene rings is 1. The largest absolute Gasteiger partial charge is 0.497 e. The fourth-order valence-electron chi connectivity index (χ4n) is 1.83. The van der Waals surface area contributed by atoms with Crippen LogP contribution in [0.25, 0.3) is 0 Å². The molecule has 2 unspecified atom stereocenters. The van der Waals surface area contributed by atoms with Crippen molar-refractivity contribution >= 4 is 21.8 Å². The highest BCUT2D eigenvalue weighted by Crippen LogP contribution is 2.24. The normalized spacial score (nSPS) is 13.5. The maximum Gasteiger partial charge on any atom is 0.255 e. The molecule has 0 bridgehead atoms. The molecule has 106 valence electrons. The average molecular weight is 330 g/mol. The first-order valence-corrected chi connectivity index (χ1v) is 7.06. The van der Waals surface area contributed by atoms with E-state index >= 15 is 0 Å². The topological polar surface area (TPSA) is 47.6 Å². The maximum atomic E-state index is 12.2. The van der Waals surface area contributed by atoms with Gasteiger partial charge in [0.2, 0.25) is 0 Å². The summed E-state index contributed by atoms with van der Waals surface area (Å²) in [5.41, 5.74) is 0.511. The van der Waals surface area contributed by atoms with E-state index in [1.165, 1.54) is 7.11 Å². The molecule has 0 spiro atoms. The van der Waals surface area contributed by atoms with Crippen molar-refractivity contribution in [2.45, 2.75) is 31.1 Å². The predicted octanol–water partition coefficient (Wildman–Crippen LogP) is 3.00. The minimum atomic E-state index is -0.139. The molecule has 2 atom stereocenters. The molecule has 1 amide bonds. The fraction of sp³-hybridized carbons (Fsp3) is 0.500. The molecule has 0 radical (unpaired) electrons. The minimum Gasteiger partial charge on any atom is -0.497 e. The summed E-state index contributed by atoms with van der Waals surface area (Å²) in [7, 11) is 3.11. The first-order chi connectivity index (χ1) is 8.97. The molecule has 0 aliphatic carbocycles. The van der Waals surface area contributed by atoms with Crippen LogP contribution in [0.1, 0.15) is 30.6 Å². The van der Waals surface area contributed by atoms with Crippen molar-refractivity contribution in [2.24, 2.45) is 0 Å². The van der Waals surface area contributed by atoms with Gasteiger partial charge >= 0.3 is 0 Å². The maximum absolute atomic E-state index is 12.2. The number of halogens is 1. The second-order valence-electron chi connectivity index (χ2n) is 4.46. The SMILES string of the molecule is COc1ccc(C(=O)NC(C)CC(C)Br)c(OC)c1. The van der Waals surface area contributed by atoms with E-state index < -0.39 is 0 Å². The van der Waals surface area contributed by atoms with Crippen LogP contribution in [0, 0.1) is 0 Å². The van der Waals surface area contributed by atoms with Gasteiger partial charge in [0.05, 0.1) is 19.8 Å². The Hall–Kier alpha value is -1.23. The molecule has 5 heteroatoms. The van der Waals surface area contributed by atoms with Gasteiger partial charge in [-0.25, -0.2) is 0 Å². The Morgan fingerprint density at radius 3 is 2.53 bits per heavy atom. The van der Waals surface area contributed by atoms with E-state index in [1.807, 2.05) is 6.92 Å². The molecule has 4 nitrogen and oxygen atoms in total. The zero-order valence-electron chi connectivity index (χ0n) is 11.7. The van der Waals surface area contributed by atoms with Crippen molar-refractivity contribution in [3.8, 4) is 11.5 Å². The van der Waals surface area contributed by atoms with Crippen LogP contribution in [-0.2, 0) is 0 Å². The van der Waals surface area contributed by atoms with Crippen molar-refractivity contribution in [3.05, 3.63) is 23.8 Å². The van der Waals surface area contributed by atoms with Crippen molar-refractivity contribution in [2.75, 3.05) is 14.2 Å². The number of rotatable bonds is 6. The second-order valence-corrected chi connectivity index (χ2v) is 6.02. The van der Waals surface area contributed by atoms with Gasteiger partial charge in [0.25, 0.3) is 5.91 Å². The Morgan fingerprint density at radius 1 is 1.32 bits per heavy atom. The molecule has 19 heavy (non-hydrogen) atoms. The molecule has 1 rings (SSSR count). The zero-order chi connectivity index (χ0) is 14.4. The highest BCUT2D eigenvalue weighted by atomic mass is 79.9. The van der Waals surface area contributed by atoms with Crippen LogP contribution < -0.4 is 14.8 Å². The number of carbonyl (C=O) groups is 1. The molecule has 1 aromatic rings. The number of alkyl halides is 1. The van der Waals surface area contributed by atoms with Crippen LogP contribution in [-0.4, -0.2) is 31.0 Å². The molecule has 0 aliphatic rings. The van der Waals surface area contributed by atoms with Crippen LogP contribution in [0.5, 0.6) is 11.5 Å². The van der Waals surface area contributed by atoms with Crippen LogP contribution >= 0.6 is 15.9 Å². The van der Waals surface area contributed by atoms with E-state index in [1.54, 1.807) is 25.3 Å². The molecule has 1 N–H and O–H groups in total. The Kier molecular flexibility index (Phi) is 6.15. The monoisotopic (exact) mass is 329 g/mol. The van der Waals surface area contributed by atoms with Gasteiger partial charge in [-0.15, -0.1) is 0 Å². The number of hydrogen-bond acceptors (Lipinski definition) is 3. The molecular weight excluding hydrogens is 310 g/mol. The summed E-state index contributed by atoms with van der Waals surface area (Å²) in [4.78, 5) is 12.5. The molecule has 1 aromatic carbocycles. The fourth-order valence-corrected chi connectivity index (χ4v) is 2.39. The lowest BCUT2D eigenvalue weighted by molar-refractivity contribution is 0.0935. The Balaban J connectivity index is 2.81. The summed E-state index contributed by atoms with van der Waals surface area (Å²) in [5.74, 6) is 1.03. The number of methoxy groups -OCH3 is 2. The van der Waals surface area contributed by atoms with Gasteiger partial charge in [-0.3, -0.25) is 4.79 Å². The van der Waals surface area contributed by atoms with Gasteiger partial charge in [-0.1, -0.05) is 22.9 Å². The van der Waals surface area contributed by atoms with E-state index in [-0.39, 0.29) is 11.9 Å². The van der Waals surface area contributed by atoms with Crippen molar-refractivity contribution in [3.63, 3.8) is 0 Å². The summed E-state index contributed by atoms with van der Waals surface area (Å²) in [6.07, 6.45) is 0.865. The number of amides is 1. The van der Waals surface area contributed by atoms with Crippen molar-refractivity contribution < 1.29 is 14.3 Å². The second kappa shape index (κ2) is 7.38. The quantitative estimate of drug-likeness (QED) is 0.816. The van der Waals surface area contributed by atoms with Crippen LogP contribution in [0.2, 0.25) is 0 Å². The summed E-state index contributed by atoms with van der Waals surface area (Å²) in [5, 5.41) is 2.95. The number of hydrogen-bond donors (Lipinski definition) is 1. The van der Waals surface area contributed by atoms with Gasteiger partial charge in [-0.2, -0.15) is 0 Å². The smallest absolute Gasteiger partial charge is 0.255 e. The number of carbonyl (C=O) groups excluding carboxylic acids is 1. The van der Waals surface area contributed by atoms with E-state index in [9.17, 15) is 4.79 Å². The average Bonchev–Trinajstić information content (AvgIpc) is 2.36. The third kappa shape index (κ3) is 4.74. The first-order valence-electron chi connectivity index (χ1n) is 6.14. The molecule has 0 heterocycles. The van der Waals surface area contributed by atoms with Crippen LogP contribution in [0.3, 0.4) is 0 Å². The van der Waals surface area contributed by atoms with E-state index in [0.29, 0.717) is 21.9 Å². The standard InChI is InChI=1S/C14H20BrNO3/c1-9(15)7-10(2)16-14(17)12-6-5-11(18-3)8-13(12)19-4/h5-6,8-10H,7H2,1-4H3,(H,16,17). The lowest BCUT2D eigenvalue weighted by Gasteiger charge is -2.16. The summed E-state index contributed by atoms with van der Waals surface area (Å²) < 4.78 is 10.3. The Morgan fingerprint density at radius 2 is 2.00 bits per heavy atom. The van der Waals surface area contributed by atoms with E-state index in [4.69, 9.17) is 9.47 Å². The highest BCUT2D eigenvalue weighted by molar-refractivity contribution is 9.09. The third-order valence-corrected chi connectivity index (χ3v) is 3.08. The van der Waals surface area contributed by atoms with Crippen molar-refractivity contribution in [1.82, 2.24) is 5.32 Å². The molecule has 0 saturated carbocycles. The first kappa shape index (κ1) is 15.8. The zero-order valence-corrected chi connectivity index (χ0v) is 13.3. The van der Waals surface area contributed by atoms with Crippen molar-refractivity contribution in [1.29, 1.82) is 0 Å². The van der Waals surface area contributed by atoms with E-state index in [0.717, 1.165) is 6.42 Å². The van der Waals surface area contributed by atoms with Crippen LogP contribution in [0.4, 0.5) is 0 Å². The van der Waals surface area contributed by atoms with Gasteiger partial charge in [0.1, 0.15) is 11.5 Å². The Bertz CT molecular complexity index is 435. The van der Waals surface area contributed by atoms with Gasteiger partial charge in [0, 0.05) is 16.9 Å². The summed E-state index contributed by atoms with van der Waals surface area (Å²) in [6, 6.07) is 5.24. The lowest BCUT2D eigenvalue weighted by atomic mass is 10.1. The number of ether oxygens (including phenoxy) is 2. The molecular formula is C14H20BrNO3. The molecule has 0 aliphatic heterocycles. The van der Waals surface area contributed by atoms with Gasteiger partial charge < -0.3 is 14.8 Å². The highest BCUT2D eigenvalue weighted by Gasteiger charge is 2.16. The Labute approximate surface area is 122 Å². The van der Waals surface area contributed by atoms with Gasteiger partial charge in [0.15, 0.2) is 0 Å². The van der Waals surface area contributed by atoms with Crippen LogP contribution in [0.15, 0.2) is 18.2 Å². The predicted molar refractivity (Wildman–Crippen MR) is 79.5 cm³/mol. The van der Waals surface area contributed by atoms with Gasteiger partial charge in [-0.05, 0) is 25.5 Å². The summed E-state index contributed by atoms with van der Waals surface area (Å²) in [6.45, 7) is 4.03. The van der Waals surface area contributed by atoms with E-state index in [2.05, 4.69) is 28.2 Å². The molecule has 0 fully saturated rings. The lowest BCUT2D eigenvalue weighted by Crippen LogP contribution is -2.34. The molecule has 0 saturated heterocycles.